The lowest BCUT2D eigenvalue weighted by Gasteiger charge is -2.33. The molecule has 1 N–H and O–H groups in total. The molecule has 0 aliphatic carbocycles. The molecule has 2 saturated heterocycles. The average Bonchev–Trinajstić information content (AvgIpc) is 3.00. The minimum Gasteiger partial charge on any atom is -0.342 e. The largest absolute Gasteiger partial charge is 0.342 e. The fraction of sp³-hybridized carbons (Fsp3) is 0.458. The second-order valence-corrected chi connectivity index (χ2v) is 8.40. The van der Waals surface area contributed by atoms with E-state index >= 15 is 0 Å². The van der Waals surface area contributed by atoms with E-state index in [-0.39, 0.29) is 30.3 Å². The first-order valence-electron chi connectivity index (χ1n) is 10.5. The van der Waals surface area contributed by atoms with Gasteiger partial charge < -0.3 is 19.7 Å². The van der Waals surface area contributed by atoms with E-state index in [1.807, 2.05) is 55.1 Å². The molecule has 154 valence electrons. The number of fused-ring (bicyclic) bond motifs is 1. The third-order valence-electron chi connectivity index (χ3n) is 5.82. The highest BCUT2D eigenvalue weighted by Gasteiger charge is 2.52. The molecule has 5 heteroatoms. The van der Waals surface area contributed by atoms with E-state index in [2.05, 4.69) is 36.5 Å². The van der Waals surface area contributed by atoms with Crippen molar-refractivity contribution >= 4 is 6.03 Å². The van der Waals surface area contributed by atoms with E-state index in [1.54, 1.807) is 0 Å². The third kappa shape index (κ3) is 4.31. The van der Waals surface area contributed by atoms with Crippen LogP contribution < -0.4 is 5.32 Å². The van der Waals surface area contributed by atoms with Crippen LogP contribution in [0.2, 0.25) is 0 Å². The number of amides is 2. The number of benzene rings is 2. The molecular formula is C24H30N2O3. The summed E-state index contributed by atoms with van der Waals surface area (Å²) in [5.74, 6) is -0.668. The van der Waals surface area contributed by atoms with Crippen molar-refractivity contribution in [1.29, 1.82) is 0 Å². The highest BCUT2D eigenvalue weighted by Crippen LogP contribution is 2.37. The Morgan fingerprint density at radius 1 is 0.931 bits per heavy atom. The lowest BCUT2D eigenvalue weighted by atomic mass is 9.93. The van der Waals surface area contributed by atoms with Gasteiger partial charge in [-0.1, -0.05) is 67.6 Å². The van der Waals surface area contributed by atoms with E-state index in [0.717, 1.165) is 12.0 Å². The second kappa shape index (κ2) is 8.17. The summed E-state index contributed by atoms with van der Waals surface area (Å²) in [6, 6.07) is 20.1. The number of nitrogens with one attached hydrogen (secondary N) is 1. The Kier molecular flexibility index (Phi) is 5.61. The van der Waals surface area contributed by atoms with Crippen LogP contribution in [0.1, 0.15) is 38.3 Å². The maximum atomic E-state index is 13.3. The van der Waals surface area contributed by atoms with Crippen LogP contribution in [-0.2, 0) is 22.4 Å². The third-order valence-corrected chi connectivity index (χ3v) is 5.82. The molecule has 2 fully saturated rings. The monoisotopic (exact) mass is 394 g/mol. The summed E-state index contributed by atoms with van der Waals surface area (Å²) >= 11 is 0. The molecule has 0 spiro atoms. The number of carbonyl (C=O) groups is 1. The Morgan fingerprint density at radius 3 is 2.14 bits per heavy atom. The number of rotatable bonds is 5. The normalized spacial score (nSPS) is 28.5. The summed E-state index contributed by atoms with van der Waals surface area (Å²) in [6.07, 6.45) is 1.15. The molecule has 0 aromatic heterocycles. The van der Waals surface area contributed by atoms with Crippen LogP contribution in [0.15, 0.2) is 60.7 Å². The van der Waals surface area contributed by atoms with Gasteiger partial charge in [-0.15, -0.1) is 0 Å². The highest BCUT2D eigenvalue weighted by molar-refractivity contribution is 5.75. The fourth-order valence-corrected chi connectivity index (χ4v) is 4.53. The van der Waals surface area contributed by atoms with Crippen molar-refractivity contribution in [2.75, 3.05) is 0 Å². The van der Waals surface area contributed by atoms with Gasteiger partial charge in [-0.3, -0.25) is 0 Å². The standard InChI is InChI=1S/C24H30N2O3/c1-4-20-22-21(28-24(2,3)29-22)19(15-17-11-7-5-8-12-17)25-23(27)26(20)16-18-13-9-6-10-14-18/h5-14,19-22H,4,15-16H2,1-3H3,(H,25,27)/t19-,20-,21+,22+/m1/s1. The van der Waals surface area contributed by atoms with Gasteiger partial charge in [0.15, 0.2) is 5.79 Å². The molecule has 4 rings (SSSR count). The molecule has 2 aromatic rings. The molecule has 2 amide bonds. The Morgan fingerprint density at radius 2 is 1.52 bits per heavy atom. The molecule has 29 heavy (non-hydrogen) atoms. The summed E-state index contributed by atoms with van der Waals surface area (Å²) < 4.78 is 12.7. The maximum absolute atomic E-state index is 13.3. The minimum atomic E-state index is -0.668. The predicted octanol–water partition coefficient (Wildman–Crippen LogP) is 4.12. The van der Waals surface area contributed by atoms with Crippen LogP contribution in [0.25, 0.3) is 0 Å². The number of hydrogen-bond acceptors (Lipinski definition) is 3. The molecule has 2 aliphatic heterocycles. The quantitative estimate of drug-likeness (QED) is 0.830. The number of nitrogens with zero attached hydrogens (tertiary/aromatic N) is 1. The summed E-state index contributed by atoms with van der Waals surface area (Å²) in [5.41, 5.74) is 2.28. The highest BCUT2D eigenvalue weighted by atomic mass is 16.8. The van der Waals surface area contributed by atoms with Gasteiger partial charge >= 0.3 is 6.03 Å². The van der Waals surface area contributed by atoms with Crippen molar-refractivity contribution < 1.29 is 14.3 Å². The van der Waals surface area contributed by atoms with Gasteiger partial charge in [-0.25, -0.2) is 4.79 Å². The van der Waals surface area contributed by atoms with E-state index in [0.29, 0.717) is 13.0 Å². The molecule has 2 aliphatic rings. The molecule has 0 radical (unpaired) electrons. The number of carbonyl (C=O) groups excluding carboxylic acids is 1. The zero-order valence-corrected chi connectivity index (χ0v) is 17.4. The first-order chi connectivity index (χ1) is 14.0. The van der Waals surface area contributed by atoms with Crippen LogP contribution in [-0.4, -0.2) is 41.0 Å². The lowest BCUT2D eigenvalue weighted by molar-refractivity contribution is -0.154. The van der Waals surface area contributed by atoms with Crippen molar-refractivity contribution in [3.05, 3.63) is 71.8 Å². The van der Waals surface area contributed by atoms with Crippen LogP contribution in [0, 0.1) is 0 Å². The number of ether oxygens (including phenoxy) is 2. The lowest BCUT2D eigenvalue weighted by Crippen LogP contribution is -2.48. The van der Waals surface area contributed by atoms with Crippen molar-refractivity contribution in [2.24, 2.45) is 0 Å². The van der Waals surface area contributed by atoms with Gasteiger partial charge in [0.2, 0.25) is 0 Å². The van der Waals surface area contributed by atoms with Crippen LogP contribution in [0.4, 0.5) is 4.79 Å². The molecule has 4 atom stereocenters. The van der Waals surface area contributed by atoms with Crippen LogP contribution >= 0.6 is 0 Å². The summed E-state index contributed by atoms with van der Waals surface area (Å²) in [7, 11) is 0. The minimum absolute atomic E-state index is 0.0530. The molecule has 0 unspecified atom stereocenters. The molecule has 0 bridgehead atoms. The van der Waals surface area contributed by atoms with Crippen molar-refractivity contribution in [3.8, 4) is 0 Å². The van der Waals surface area contributed by atoms with Gasteiger partial charge in [0, 0.05) is 6.54 Å². The zero-order chi connectivity index (χ0) is 20.4. The van der Waals surface area contributed by atoms with E-state index in [1.165, 1.54) is 5.56 Å². The maximum Gasteiger partial charge on any atom is 0.318 e. The van der Waals surface area contributed by atoms with E-state index in [4.69, 9.17) is 9.47 Å². The Hall–Kier alpha value is -2.37. The smallest absolute Gasteiger partial charge is 0.318 e. The summed E-state index contributed by atoms with van der Waals surface area (Å²) in [4.78, 5) is 15.2. The second-order valence-electron chi connectivity index (χ2n) is 8.40. The summed E-state index contributed by atoms with van der Waals surface area (Å²) in [5, 5.41) is 3.25. The van der Waals surface area contributed by atoms with Crippen LogP contribution in [0.3, 0.4) is 0 Å². The molecule has 2 heterocycles. The van der Waals surface area contributed by atoms with Gasteiger partial charge in [0.05, 0.1) is 12.1 Å². The summed E-state index contributed by atoms with van der Waals surface area (Å²) in [6.45, 7) is 6.57. The molecular weight excluding hydrogens is 364 g/mol. The van der Waals surface area contributed by atoms with E-state index in [9.17, 15) is 4.79 Å². The van der Waals surface area contributed by atoms with Gasteiger partial charge in [-0.05, 0) is 37.8 Å². The van der Waals surface area contributed by atoms with Crippen molar-refractivity contribution in [3.63, 3.8) is 0 Å². The van der Waals surface area contributed by atoms with Crippen molar-refractivity contribution in [1.82, 2.24) is 10.2 Å². The van der Waals surface area contributed by atoms with E-state index < -0.39 is 5.79 Å². The average molecular weight is 395 g/mol. The Bertz CT molecular complexity index is 825. The van der Waals surface area contributed by atoms with Gasteiger partial charge in [-0.2, -0.15) is 0 Å². The first-order valence-corrected chi connectivity index (χ1v) is 10.5. The SMILES string of the molecule is CC[C@@H]1[C@@H]2OC(C)(C)O[C@H]2[C@@H](Cc2ccccc2)NC(=O)N1Cc1ccccc1. The first kappa shape index (κ1) is 19.9. The fourth-order valence-electron chi connectivity index (χ4n) is 4.53. The Balaban J connectivity index is 1.65. The molecule has 5 nitrogen and oxygen atoms in total. The van der Waals surface area contributed by atoms with Gasteiger partial charge in [0.1, 0.15) is 12.2 Å². The Labute approximate surface area is 173 Å². The number of urea groups is 1. The predicted molar refractivity (Wildman–Crippen MR) is 112 cm³/mol. The van der Waals surface area contributed by atoms with Gasteiger partial charge in [0.25, 0.3) is 0 Å². The molecule has 2 aromatic carbocycles. The topological polar surface area (TPSA) is 50.8 Å². The zero-order valence-electron chi connectivity index (χ0n) is 17.4. The van der Waals surface area contributed by atoms with Crippen LogP contribution in [0.5, 0.6) is 0 Å². The van der Waals surface area contributed by atoms with Crippen molar-refractivity contribution in [2.45, 2.75) is 70.2 Å². The molecule has 0 saturated carbocycles. The number of hydrogen-bond donors (Lipinski definition) is 1.